The summed E-state index contributed by atoms with van der Waals surface area (Å²) in [7, 11) is 5.74. The van der Waals surface area contributed by atoms with Crippen LogP contribution >= 0.6 is 0 Å². The Balaban J connectivity index is 2.52. The zero-order valence-electron chi connectivity index (χ0n) is 13.1. The van der Waals surface area contributed by atoms with Crippen molar-refractivity contribution in [2.24, 2.45) is 5.41 Å². The van der Waals surface area contributed by atoms with Crippen LogP contribution in [0, 0.1) is 5.41 Å². The number of urea groups is 1. The Kier molecular flexibility index (Phi) is 5.80. The number of carbonyl (C=O) groups excluding carboxylic acids is 1. The zero-order chi connectivity index (χ0) is 15.3. The maximum absolute atomic E-state index is 12.3. The van der Waals surface area contributed by atoms with Crippen LogP contribution in [0.5, 0.6) is 0 Å². The zero-order valence-corrected chi connectivity index (χ0v) is 13.1. The summed E-state index contributed by atoms with van der Waals surface area (Å²) < 4.78 is 0. The van der Waals surface area contributed by atoms with E-state index in [-0.39, 0.29) is 6.03 Å². The van der Waals surface area contributed by atoms with Crippen LogP contribution in [0.3, 0.4) is 0 Å². The molecule has 1 N–H and O–H groups in total. The first-order valence-electron chi connectivity index (χ1n) is 7.20. The Hall–Kier alpha value is -1.30. The number of hydrogen-bond donors (Lipinski definition) is 1. The van der Waals surface area contributed by atoms with Gasteiger partial charge in [-0.05, 0) is 33.4 Å². The molecule has 0 radical (unpaired) electrons. The number of hydrogen-bond acceptors (Lipinski definition) is 3. The van der Waals surface area contributed by atoms with Crippen LogP contribution in [0.1, 0.15) is 26.2 Å². The molecule has 0 atom stereocenters. The number of nitrogens with zero attached hydrogens (tertiary/aromatic N) is 3. The highest BCUT2D eigenvalue weighted by Gasteiger charge is 2.41. The van der Waals surface area contributed by atoms with Gasteiger partial charge in [-0.1, -0.05) is 6.92 Å². The Morgan fingerprint density at radius 2 is 1.70 bits per heavy atom. The van der Waals surface area contributed by atoms with Gasteiger partial charge < -0.3 is 19.8 Å². The van der Waals surface area contributed by atoms with E-state index in [1.807, 2.05) is 25.9 Å². The van der Waals surface area contributed by atoms with Crippen molar-refractivity contribution in [2.45, 2.75) is 26.2 Å². The minimum atomic E-state index is -0.729. The molecule has 0 aromatic carbocycles. The first-order chi connectivity index (χ1) is 9.32. The molecule has 116 valence electrons. The average Bonchev–Trinajstić information content (AvgIpc) is 2.43. The fraction of sp³-hybridized carbons (Fsp3) is 0.857. The van der Waals surface area contributed by atoms with Gasteiger partial charge in [0.15, 0.2) is 0 Å². The van der Waals surface area contributed by atoms with Crippen molar-refractivity contribution in [3.05, 3.63) is 0 Å². The van der Waals surface area contributed by atoms with Crippen molar-refractivity contribution in [3.8, 4) is 0 Å². The second-order valence-electron chi connectivity index (χ2n) is 5.93. The van der Waals surface area contributed by atoms with E-state index in [0.717, 1.165) is 6.54 Å². The fourth-order valence-electron chi connectivity index (χ4n) is 2.53. The quantitative estimate of drug-likeness (QED) is 0.824. The van der Waals surface area contributed by atoms with E-state index >= 15 is 0 Å². The molecule has 0 aromatic heterocycles. The van der Waals surface area contributed by atoms with Crippen LogP contribution in [0.4, 0.5) is 4.79 Å². The van der Waals surface area contributed by atoms with Gasteiger partial charge in [0.25, 0.3) is 0 Å². The fourth-order valence-corrected chi connectivity index (χ4v) is 2.53. The predicted octanol–water partition coefficient (Wildman–Crippen LogP) is 1.18. The first-order valence-corrected chi connectivity index (χ1v) is 7.20. The summed E-state index contributed by atoms with van der Waals surface area (Å²) in [4.78, 5) is 29.2. The average molecular weight is 285 g/mol. The van der Waals surface area contributed by atoms with Crippen molar-refractivity contribution >= 4 is 12.0 Å². The number of carbonyl (C=O) groups is 2. The van der Waals surface area contributed by atoms with Gasteiger partial charge in [-0.15, -0.1) is 0 Å². The lowest BCUT2D eigenvalue weighted by Crippen LogP contribution is -2.50. The number of carboxylic acids is 1. The van der Waals surface area contributed by atoms with E-state index < -0.39 is 11.4 Å². The molecule has 1 saturated heterocycles. The standard InChI is InChI=1S/C14H27N3O3/c1-5-14(12(18)19)6-8-17(9-7-14)13(20)16(4)11-10-15(2)3/h5-11H2,1-4H3,(H,18,19). The van der Waals surface area contributed by atoms with Gasteiger partial charge >= 0.3 is 12.0 Å². The van der Waals surface area contributed by atoms with Crippen LogP contribution in [-0.2, 0) is 4.79 Å². The molecule has 0 unspecified atom stereocenters. The highest BCUT2D eigenvalue weighted by molar-refractivity contribution is 5.77. The molecule has 0 aromatic rings. The van der Waals surface area contributed by atoms with Gasteiger partial charge in [0.05, 0.1) is 5.41 Å². The van der Waals surface area contributed by atoms with Gasteiger partial charge in [-0.3, -0.25) is 4.79 Å². The molecule has 1 aliphatic heterocycles. The molecule has 1 rings (SSSR count). The van der Waals surface area contributed by atoms with Gasteiger partial charge in [-0.25, -0.2) is 4.79 Å². The molecule has 0 bridgehead atoms. The molecular formula is C14H27N3O3. The van der Waals surface area contributed by atoms with Crippen molar-refractivity contribution in [1.82, 2.24) is 14.7 Å². The van der Waals surface area contributed by atoms with Gasteiger partial charge in [0, 0.05) is 33.2 Å². The number of likely N-dealkylation sites (N-methyl/N-ethyl adjacent to an activating group) is 2. The third-order valence-corrected chi connectivity index (χ3v) is 4.33. The number of carboxylic acid groups (broad SMARTS) is 1. The van der Waals surface area contributed by atoms with Crippen LogP contribution in [0.2, 0.25) is 0 Å². The molecule has 1 heterocycles. The highest BCUT2D eigenvalue weighted by atomic mass is 16.4. The van der Waals surface area contributed by atoms with E-state index in [2.05, 4.69) is 0 Å². The highest BCUT2D eigenvalue weighted by Crippen LogP contribution is 2.35. The molecule has 0 aliphatic carbocycles. The summed E-state index contributed by atoms with van der Waals surface area (Å²) in [6, 6.07) is 0.00180. The lowest BCUT2D eigenvalue weighted by atomic mass is 9.76. The maximum atomic E-state index is 12.3. The van der Waals surface area contributed by atoms with E-state index in [1.165, 1.54) is 0 Å². The predicted molar refractivity (Wildman–Crippen MR) is 77.7 cm³/mol. The minimum Gasteiger partial charge on any atom is -0.481 e. The van der Waals surface area contributed by atoms with Crippen LogP contribution < -0.4 is 0 Å². The Bertz CT molecular complexity index is 350. The van der Waals surface area contributed by atoms with Crippen molar-refractivity contribution in [2.75, 3.05) is 47.3 Å². The summed E-state index contributed by atoms with van der Waals surface area (Å²) in [6.07, 6.45) is 1.72. The Morgan fingerprint density at radius 1 is 1.15 bits per heavy atom. The molecule has 0 saturated carbocycles. The van der Waals surface area contributed by atoms with Crippen LogP contribution in [0.15, 0.2) is 0 Å². The van der Waals surface area contributed by atoms with E-state index in [9.17, 15) is 14.7 Å². The second kappa shape index (κ2) is 6.92. The Morgan fingerprint density at radius 3 is 2.10 bits per heavy atom. The summed E-state index contributed by atoms with van der Waals surface area (Å²) in [5, 5.41) is 9.35. The third kappa shape index (κ3) is 3.85. The second-order valence-corrected chi connectivity index (χ2v) is 5.93. The minimum absolute atomic E-state index is 0.00180. The number of piperidine rings is 1. The topological polar surface area (TPSA) is 64.1 Å². The van der Waals surface area contributed by atoms with E-state index in [0.29, 0.717) is 38.9 Å². The molecule has 1 fully saturated rings. The largest absolute Gasteiger partial charge is 0.481 e. The first kappa shape index (κ1) is 16.8. The smallest absolute Gasteiger partial charge is 0.319 e. The molecule has 20 heavy (non-hydrogen) atoms. The number of amides is 2. The lowest BCUT2D eigenvalue weighted by molar-refractivity contribution is -0.152. The monoisotopic (exact) mass is 285 g/mol. The molecular weight excluding hydrogens is 258 g/mol. The van der Waals surface area contributed by atoms with Crippen molar-refractivity contribution in [3.63, 3.8) is 0 Å². The maximum Gasteiger partial charge on any atom is 0.319 e. The molecule has 2 amide bonds. The lowest BCUT2D eigenvalue weighted by Gasteiger charge is -2.39. The molecule has 1 aliphatic rings. The normalized spacial score (nSPS) is 18.1. The summed E-state index contributed by atoms with van der Waals surface area (Å²) >= 11 is 0. The number of rotatable bonds is 5. The van der Waals surface area contributed by atoms with Crippen molar-refractivity contribution in [1.29, 1.82) is 0 Å². The van der Waals surface area contributed by atoms with Gasteiger partial charge in [0.2, 0.25) is 0 Å². The summed E-state index contributed by atoms with van der Waals surface area (Å²) in [6.45, 7) is 4.48. The SMILES string of the molecule is CCC1(C(=O)O)CCN(C(=O)N(C)CCN(C)C)CC1. The van der Waals surface area contributed by atoms with Crippen LogP contribution in [0.25, 0.3) is 0 Å². The summed E-state index contributed by atoms with van der Waals surface area (Å²) in [5.41, 5.74) is -0.640. The molecule has 6 heteroatoms. The van der Waals surface area contributed by atoms with Crippen molar-refractivity contribution < 1.29 is 14.7 Å². The molecule has 0 spiro atoms. The Labute approximate surface area is 121 Å². The van der Waals surface area contributed by atoms with Gasteiger partial charge in [0.1, 0.15) is 0 Å². The third-order valence-electron chi connectivity index (χ3n) is 4.33. The van der Waals surface area contributed by atoms with E-state index in [4.69, 9.17) is 0 Å². The summed E-state index contributed by atoms with van der Waals surface area (Å²) in [5.74, 6) is -0.729. The number of likely N-dealkylation sites (tertiary alicyclic amines) is 1. The molecule has 6 nitrogen and oxygen atoms in total. The van der Waals surface area contributed by atoms with Crippen LogP contribution in [-0.4, -0.2) is 79.1 Å². The van der Waals surface area contributed by atoms with Gasteiger partial charge in [-0.2, -0.15) is 0 Å². The number of aliphatic carboxylic acids is 1. The van der Waals surface area contributed by atoms with E-state index in [1.54, 1.807) is 16.8 Å².